The zero-order valence-corrected chi connectivity index (χ0v) is 12.4. The molecule has 0 saturated heterocycles. The first-order valence-electron chi connectivity index (χ1n) is 6.67. The van der Waals surface area contributed by atoms with Crippen molar-refractivity contribution in [3.8, 4) is 6.07 Å². The van der Waals surface area contributed by atoms with Gasteiger partial charge >= 0.3 is 0 Å². The summed E-state index contributed by atoms with van der Waals surface area (Å²) >= 11 is 0. The maximum Gasteiger partial charge on any atom is 0.0766 e. The summed E-state index contributed by atoms with van der Waals surface area (Å²) in [6.07, 6.45) is 1.88. The summed E-state index contributed by atoms with van der Waals surface area (Å²) in [4.78, 5) is 0. The van der Waals surface area contributed by atoms with E-state index in [2.05, 4.69) is 23.4 Å². The van der Waals surface area contributed by atoms with Gasteiger partial charge in [-0.05, 0) is 38.5 Å². The SMILES string of the molecule is Cc1c(CNc2ccc(C(C)(C)C#N)cc2)cnn1C. The van der Waals surface area contributed by atoms with E-state index in [0.717, 1.165) is 17.8 Å². The number of aromatic nitrogens is 2. The number of aryl methyl sites for hydroxylation is 1. The summed E-state index contributed by atoms with van der Waals surface area (Å²) in [5.74, 6) is 0. The quantitative estimate of drug-likeness (QED) is 0.926. The molecule has 4 heteroatoms. The molecule has 0 bridgehead atoms. The molecule has 0 unspecified atom stereocenters. The van der Waals surface area contributed by atoms with Gasteiger partial charge in [0.15, 0.2) is 0 Å². The zero-order chi connectivity index (χ0) is 14.8. The van der Waals surface area contributed by atoms with Crippen LogP contribution in [0.2, 0.25) is 0 Å². The first-order chi connectivity index (χ1) is 9.44. The highest BCUT2D eigenvalue weighted by molar-refractivity contribution is 5.47. The van der Waals surface area contributed by atoms with Crippen LogP contribution in [0.1, 0.15) is 30.7 Å². The smallest absolute Gasteiger partial charge is 0.0766 e. The van der Waals surface area contributed by atoms with E-state index in [4.69, 9.17) is 5.26 Å². The van der Waals surface area contributed by atoms with Crippen LogP contribution in [-0.4, -0.2) is 9.78 Å². The van der Waals surface area contributed by atoms with Crippen molar-refractivity contribution in [2.24, 2.45) is 7.05 Å². The minimum absolute atomic E-state index is 0.446. The molecule has 0 spiro atoms. The van der Waals surface area contributed by atoms with Crippen LogP contribution in [0, 0.1) is 18.3 Å². The molecule has 1 aromatic carbocycles. The Morgan fingerprint density at radius 1 is 1.30 bits per heavy atom. The molecule has 104 valence electrons. The van der Waals surface area contributed by atoms with E-state index >= 15 is 0 Å². The number of rotatable bonds is 4. The second-order valence-corrected chi connectivity index (χ2v) is 5.55. The molecule has 0 saturated carbocycles. The van der Waals surface area contributed by atoms with Crippen molar-refractivity contribution in [1.82, 2.24) is 9.78 Å². The fourth-order valence-corrected chi connectivity index (χ4v) is 1.98. The van der Waals surface area contributed by atoms with Gasteiger partial charge in [-0.3, -0.25) is 4.68 Å². The first-order valence-corrected chi connectivity index (χ1v) is 6.67. The molecule has 0 aliphatic heterocycles. The molecule has 2 aromatic rings. The van der Waals surface area contributed by atoms with Crippen molar-refractivity contribution in [2.45, 2.75) is 32.7 Å². The van der Waals surface area contributed by atoms with E-state index in [9.17, 15) is 0 Å². The molecule has 0 fully saturated rings. The molecule has 1 heterocycles. The Labute approximate surface area is 120 Å². The van der Waals surface area contributed by atoms with Gasteiger partial charge in [0.2, 0.25) is 0 Å². The molecule has 1 N–H and O–H groups in total. The molecule has 0 aliphatic rings. The third kappa shape index (κ3) is 2.83. The van der Waals surface area contributed by atoms with Crippen molar-refractivity contribution < 1.29 is 0 Å². The van der Waals surface area contributed by atoms with Crippen LogP contribution in [0.15, 0.2) is 30.5 Å². The van der Waals surface area contributed by atoms with Gasteiger partial charge in [0, 0.05) is 30.5 Å². The van der Waals surface area contributed by atoms with E-state index in [1.807, 2.05) is 56.0 Å². The average molecular weight is 268 g/mol. The number of hydrogen-bond donors (Lipinski definition) is 1. The lowest BCUT2D eigenvalue weighted by Crippen LogP contribution is -2.13. The number of nitrogens with zero attached hydrogens (tertiary/aromatic N) is 3. The molecular formula is C16H20N4. The van der Waals surface area contributed by atoms with Gasteiger partial charge in [-0.15, -0.1) is 0 Å². The van der Waals surface area contributed by atoms with Crippen molar-refractivity contribution in [2.75, 3.05) is 5.32 Å². The standard InChI is InChI=1S/C16H20N4/c1-12-13(10-19-20(12)4)9-18-15-7-5-14(6-8-15)16(2,3)11-17/h5-8,10,18H,9H2,1-4H3. The van der Waals surface area contributed by atoms with Crippen molar-refractivity contribution in [3.05, 3.63) is 47.3 Å². The van der Waals surface area contributed by atoms with E-state index in [-0.39, 0.29) is 0 Å². The largest absolute Gasteiger partial charge is 0.381 e. The minimum atomic E-state index is -0.446. The van der Waals surface area contributed by atoms with Crippen molar-refractivity contribution in [1.29, 1.82) is 5.26 Å². The van der Waals surface area contributed by atoms with Gasteiger partial charge in [-0.25, -0.2) is 0 Å². The summed E-state index contributed by atoms with van der Waals surface area (Å²) < 4.78 is 1.87. The molecule has 2 rings (SSSR count). The van der Waals surface area contributed by atoms with Gasteiger partial charge < -0.3 is 5.32 Å². The Kier molecular flexibility index (Phi) is 3.80. The third-order valence-corrected chi connectivity index (χ3v) is 3.71. The number of hydrogen-bond acceptors (Lipinski definition) is 3. The fourth-order valence-electron chi connectivity index (χ4n) is 1.98. The second-order valence-electron chi connectivity index (χ2n) is 5.55. The van der Waals surface area contributed by atoms with E-state index in [0.29, 0.717) is 0 Å². The highest BCUT2D eigenvalue weighted by atomic mass is 15.3. The lowest BCUT2D eigenvalue weighted by molar-refractivity contribution is 0.687. The van der Waals surface area contributed by atoms with Gasteiger partial charge in [0.05, 0.1) is 17.7 Å². The second kappa shape index (κ2) is 5.38. The Bertz CT molecular complexity index is 629. The van der Waals surface area contributed by atoms with Gasteiger partial charge in [-0.2, -0.15) is 10.4 Å². The summed E-state index contributed by atoms with van der Waals surface area (Å²) in [7, 11) is 1.94. The molecule has 0 aliphatic carbocycles. The highest BCUT2D eigenvalue weighted by Gasteiger charge is 2.19. The maximum atomic E-state index is 9.13. The highest BCUT2D eigenvalue weighted by Crippen LogP contribution is 2.23. The maximum absolute atomic E-state index is 9.13. The molecule has 1 aromatic heterocycles. The molecule has 0 radical (unpaired) electrons. The lowest BCUT2D eigenvalue weighted by atomic mass is 9.86. The minimum Gasteiger partial charge on any atom is -0.381 e. The Morgan fingerprint density at radius 3 is 2.45 bits per heavy atom. The van der Waals surface area contributed by atoms with Gasteiger partial charge in [-0.1, -0.05) is 12.1 Å². The number of anilines is 1. The van der Waals surface area contributed by atoms with E-state index in [1.54, 1.807) is 0 Å². The Morgan fingerprint density at radius 2 is 1.95 bits per heavy atom. The number of nitriles is 1. The number of nitrogens with one attached hydrogen (secondary N) is 1. The summed E-state index contributed by atoms with van der Waals surface area (Å²) in [6, 6.07) is 10.3. The average Bonchev–Trinajstić information content (AvgIpc) is 2.77. The van der Waals surface area contributed by atoms with E-state index in [1.165, 1.54) is 11.3 Å². The van der Waals surface area contributed by atoms with Crippen molar-refractivity contribution >= 4 is 5.69 Å². The molecule has 4 nitrogen and oxygen atoms in total. The van der Waals surface area contributed by atoms with Crippen LogP contribution in [0.4, 0.5) is 5.69 Å². The van der Waals surface area contributed by atoms with E-state index < -0.39 is 5.41 Å². The predicted octanol–water partition coefficient (Wildman–Crippen LogP) is 3.14. The fraction of sp³-hybridized carbons (Fsp3) is 0.375. The first kappa shape index (κ1) is 14.1. The molecular weight excluding hydrogens is 248 g/mol. The predicted molar refractivity (Wildman–Crippen MR) is 80.4 cm³/mol. The molecule has 0 amide bonds. The third-order valence-electron chi connectivity index (χ3n) is 3.71. The normalized spacial score (nSPS) is 11.2. The van der Waals surface area contributed by atoms with Crippen molar-refractivity contribution in [3.63, 3.8) is 0 Å². The van der Waals surface area contributed by atoms with Crippen LogP contribution >= 0.6 is 0 Å². The zero-order valence-electron chi connectivity index (χ0n) is 12.4. The van der Waals surface area contributed by atoms with Crippen LogP contribution in [0.5, 0.6) is 0 Å². The Hall–Kier alpha value is -2.28. The summed E-state index contributed by atoms with van der Waals surface area (Å²) in [6.45, 7) is 6.66. The summed E-state index contributed by atoms with van der Waals surface area (Å²) in [5.41, 5.74) is 3.99. The topological polar surface area (TPSA) is 53.6 Å². The number of benzene rings is 1. The molecule has 0 atom stereocenters. The van der Waals surface area contributed by atoms with Crippen LogP contribution in [-0.2, 0) is 19.0 Å². The van der Waals surface area contributed by atoms with Crippen LogP contribution in [0.25, 0.3) is 0 Å². The molecule has 20 heavy (non-hydrogen) atoms. The van der Waals surface area contributed by atoms with Gasteiger partial charge in [0.1, 0.15) is 0 Å². The van der Waals surface area contributed by atoms with Crippen LogP contribution < -0.4 is 5.32 Å². The van der Waals surface area contributed by atoms with Crippen LogP contribution in [0.3, 0.4) is 0 Å². The van der Waals surface area contributed by atoms with Gasteiger partial charge in [0.25, 0.3) is 0 Å². The lowest BCUT2D eigenvalue weighted by Gasteiger charge is -2.16. The summed E-state index contributed by atoms with van der Waals surface area (Å²) in [5, 5.41) is 16.7. The Balaban J connectivity index is 2.05. The monoisotopic (exact) mass is 268 g/mol.